The number of hydrogen-bond acceptors (Lipinski definition) is 3. The van der Waals surface area contributed by atoms with Crippen LogP contribution in [0.5, 0.6) is 0 Å². The van der Waals surface area contributed by atoms with Crippen molar-refractivity contribution in [3.8, 4) is 0 Å². The van der Waals surface area contributed by atoms with E-state index in [1.807, 2.05) is 37.3 Å². The largest absolute Gasteiger partial charge is 0.447 e. The van der Waals surface area contributed by atoms with Gasteiger partial charge in [0.2, 0.25) is 5.91 Å². The summed E-state index contributed by atoms with van der Waals surface area (Å²) >= 11 is 0. The van der Waals surface area contributed by atoms with E-state index in [1.54, 1.807) is 6.08 Å². The third-order valence-corrected chi connectivity index (χ3v) is 3.64. The monoisotopic (exact) mass is 287 g/mol. The lowest BCUT2D eigenvalue weighted by Gasteiger charge is -2.21. The van der Waals surface area contributed by atoms with Crippen LogP contribution in [0.1, 0.15) is 25.3 Å². The normalized spacial score (nSPS) is 19.2. The molecule has 2 rings (SSSR count). The Labute approximate surface area is 125 Å². The first kappa shape index (κ1) is 15.3. The molecule has 1 unspecified atom stereocenters. The van der Waals surface area contributed by atoms with Crippen molar-refractivity contribution < 1.29 is 14.3 Å². The van der Waals surface area contributed by atoms with Crippen LogP contribution in [0.4, 0.5) is 4.79 Å². The van der Waals surface area contributed by atoms with Crippen molar-refractivity contribution in [1.29, 1.82) is 0 Å². The van der Waals surface area contributed by atoms with Gasteiger partial charge in [0.05, 0.1) is 6.04 Å². The number of cyclic esters (lactones) is 1. The van der Waals surface area contributed by atoms with E-state index in [4.69, 9.17) is 4.74 Å². The van der Waals surface area contributed by atoms with Crippen LogP contribution in [0, 0.1) is 5.92 Å². The molecule has 1 saturated heterocycles. The van der Waals surface area contributed by atoms with Crippen molar-refractivity contribution in [2.45, 2.75) is 32.2 Å². The number of amides is 2. The van der Waals surface area contributed by atoms with Crippen molar-refractivity contribution in [3.63, 3.8) is 0 Å². The highest BCUT2D eigenvalue weighted by Gasteiger charge is 2.37. The summed E-state index contributed by atoms with van der Waals surface area (Å²) in [6, 6.07) is 9.62. The summed E-state index contributed by atoms with van der Waals surface area (Å²) < 4.78 is 5.06. The minimum atomic E-state index is -0.522. The number of ether oxygens (including phenoxy) is 1. The zero-order chi connectivity index (χ0) is 15.2. The minimum Gasteiger partial charge on any atom is -0.447 e. The number of allylic oxidation sites excluding steroid dienone is 1. The summed E-state index contributed by atoms with van der Waals surface area (Å²) in [4.78, 5) is 25.4. The third kappa shape index (κ3) is 3.94. The van der Waals surface area contributed by atoms with E-state index in [2.05, 4.69) is 6.58 Å². The fourth-order valence-corrected chi connectivity index (χ4v) is 2.57. The van der Waals surface area contributed by atoms with Gasteiger partial charge in [-0.2, -0.15) is 0 Å². The summed E-state index contributed by atoms with van der Waals surface area (Å²) in [5.74, 6) is 0.0218. The van der Waals surface area contributed by atoms with E-state index in [0.717, 1.165) is 12.0 Å². The van der Waals surface area contributed by atoms with Crippen molar-refractivity contribution >= 4 is 12.0 Å². The van der Waals surface area contributed by atoms with Crippen LogP contribution in [-0.4, -0.2) is 29.5 Å². The predicted octanol–water partition coefficient (Wildman–Crippen LogP) is 3.18. The number of imide groups is 1. The topological polar surface area (TPSA) is 46.6 Å². The van der Waals surface area contributed by atoms with Gasteiger partial charge in [-0.3, -0.25) is 4.79 Å². The maximum absolute atomic E-state index is 12.3. The molecule has 0 radical (unpaired) electrons. The van der Waals surface area contributed by atoms with Crippen LogP contribution in [-0.2, 0) is 16.0 Å². The molecule has 2 atom stereocenters. The second kappa shape index (κ2) is 7.07. The molecule has 4 heteroatoms. The number of rotatable bonds is 6. The lowest BCUT2D eigenvalue weighted by Crippen LogP contribution is -2.40. The molecule has 1 aromatic carbocycles. The maximum Gasteiger partial charge on any atom is 0.416 e. The van der Waals surface area contributed by atoms with Crippen LogP contribution in [0.15, 0.2) is 43.0 Å². The smallest absolute Gasteiger partial charge is 0.416 e. The molecule has 0 aromatic heterocycles. The zero-order valence-corrected chi connectivity index (χ0v) is 12.3. The number of nitrogens with zero attached hydrogens (tertiary/aromatic N) is 1. The molecule has 0 aliphatic carbocycles. The SMILES string of the molecule is C=CC[C@H](C)CC(=O)N1C(=O)OCC1Cc1ccccc1. The van der Waals surface area contributed by atoms with Crippen LogP contribution in [0.3, 0.4) is 0 Å². The summed E-state index contributed by atoms with van der Waals surface area (Å²) in [5.41, 5.74) is 1.10. The van der Waals surface area contributed by atoms with Gasteiger partial charge in [0, 0.05) is 6.42 Å². The molecule has 1 aromatic rings. The van der Waals surface area contributed by atoms with Crippen molar-refractivity contribution in [2.75, 3.05) is 6.61 Å². The number of carbonyl (C=O) groups is 2. The van der Waals surface area contributed by atoms with E-state index < -0.39 is 6.09 Å². The first-order valence-electron chi connectivity index (χ1n) is 7.25. The Kier molecular flexibility index (Phi) is 5.14. The number of benzene rings is 1. The highest BCUT2D eigenvalue weighted by atomic mass is 16.6. The van der Waals surface area contributed by atoms with Gasteiger partial charge in [-0.05, 0) is 24.3 Å². The molecule has 1 heterocycles. The Morgan fingerprint density at radius 3 is 2.86 bits per heavy atom. The lowest BCUT2D eigenvalue weighted by atomic mass is 10.0. The second-order valence-corrected chi connectivity index (χ2v) is 5.52. The number of hydrogen-bond donors (Lipinski definition) is 0. The fraction of sp³-hybridized carbons (Fsp3) is 0.412. The Morgan fingerprint density at radius 2 is 2.19 bits per heavy atom. The van der Waals surface area contributed by atoms with Crippen molar-refractivity contribution in [2.24, 2.45) is 5.92 Å². The molecule has 0 saturated carbocycles. The fourth-order valence-electron chi connectivity index (χ4n) is 2.57. The van der Waals surface area contributed by atoms with Gasteiger partial charge in [-0.1, -0.05) is 43.3 Å². The van der Waals surface area contributed by atoms with Crippen molar-refractivity contribution in [3.05, 3.63) is 48.6 Å². The highest BCUT2D eigenvalue weighted by molar-refractivity contribution is 5.93. The van der Waals surface area contributed by atoms with Gasteiger partial charge in [-0.25, -0.2) is 9.69 Å². The van der Waals surface area contributed by atoms with E-state index in [9.17, 15) is 9.59 Å². The zero-order valence-electron chi connectivity index (χ0n) is 12.3. The molecule has 2 amide bonds. The first-order valence-corrected chi connectivity index (χ1v) is 7.25. The predicted molar refractivity (Wildman–Crippen MR) is 80.7 cm³/mol. The standard InChI is InChI=1S/C17H21NO3/c1-3-7-13(2)10-16(19)18-15(12-21-17(18)20)11-14-8-5-4-6-9-14/h3-6,8-9,13,15H,1,7,10-12H2,2H3/t13-,15?/m0/s1. The van der Waals surface area contributed by atoms with Gasteiger partial charge in [-0.15, -0.1) is 6.58 Å². The molecule has 1 aliphatic heterocycles. The summed E-state index contributed by atoms with van der Waals surface area (Å²) in [6.07, 6.45) is 3.01. The Balaban J connectivity index is 2.02. The van der Waals surface area contributed by atoms with E-state index in [-0.39, 0.29) is 24.5 Å². The molecular weight excluding hydrogens is 266 g/mol. The molecule has 112 valence electrons. The molecule has 0 N–H and O–H groups in total. The average Bonchev–Trinajstić information content (AvgIpc) is 2.81. The van der Waals surface area contributed by atoms with Crippen molar-refractivity contribution in [1.82, 2.24) is 4.90 Å². The van der Waals surface area contributed by atoms with Gasteiger partial charge >= 0.3 is 6.09 Å². The van der Waals surface area contributed by atoms with E-state index in [0.29, 0.717) is 12.8 Å². The number of carbonyl (C=O) groups excluding carboxylic acids is 2. The van der Waals surface area contributed by atoms with Crippen LogP contribution in [0.25, 0.3) is 0 Å². The molecular formula is C17H21NO3. The second-order valence-electron chi connectivity index (χ2n) is 5.52. The van der Waals surface area contributed by atoms with Gasteiger partial charge in [0.1, 0.15) is 6.61 Å². The van der Waals surface area contributed by atoms with Gasteiger partial charge in [0.15, 0.2) is 0 Å². The summed E-state index contributed by atoms with van der Waals surface area (Å²) in [6.45, 7) is 5.93. The molecule has 0 spiro atoms. The van der Waals surface area contributed by atoms with E-state index in [1.165, 1.54) is 4.90 Å². The third-order valence-electron chi connectivity index (χ3n) is 3.64. The molecule has 0 bridgehead atoms. The Morgan fingerprint density at radius 1 is 1.48 bits per heavy atom. The van der Waals surface area contributed by atoms with Crippen LogP contribution >= 0.6 is 0 Å². The molecule has 4 nitrogen and oxygen atoms in total. The Hall–Kier alpha value is -2.10. The van der Waals surface area contributed by atoms with Crippen LogP contribution in [0.2, 0.25) is 0 Å². The quantitative estimate of drug-likeness (QED) is 0.755. The minimum absolute atomic E-state index is 0.159. The average molecular weight is 287 g/mol. The Bertz CT molecular complexity index is 512. The van der Waals surface area contributed by atoms with Gasteiger partial charge < -0.3 is 4.74 Å². The summed E-state index contributed by atoms with van der Waals surface area (Å²) in [5, 5.41) is 0. The highest BCUT2D eigenvalue weighted by Crippen LogP contribution is 2.20. The summed E-state index contributed by atoms with van der Waals surface area (Å²) in [7, 11) is 0. The van der Waals surface area contributed by atoms with Crippen LogP contribution < -0.4 is 0 Å². The first-order chi connectivity index (χ1) is 10.1. The maximum atomic E-state index is 12.3. The van der Waals surface area contributed by atoms with E-state index >= 15 is 0 Å². The molecule has 1 fully saturated rings. The molecule has 21 heavy (non-hydrogen) atoms. The van der Waals surface area contributed by atoms with Gasteiger partial charge in [0.25, 0.3) is 0 Å². The lowest BCUT2D eigenvalue weighted by molar-refractivity contribution is -0.130. The molecule has 1 aliphatic rings.